The number of aliphatic hydroxyl groups is 2. The number of rotatable bonds is 6. The number of aryl methyl sites for hydroxylation is 2. The van der Waals surface area contributed by atoms with Gasteiger partial charge in [-0.3, -0.25) is 9.97 Å². The van der Waals surface area contributed by atoms with E-state index in [1.807, 2.05) is 74.5 Å². The van der Waals surface area contributed by atoms with Gasteiger partial charge in [-0.05, 0) is 62.4 Å². The van der Waals surface area contributed by atoms with Gasteiger partial charge in [0, 0.05) is 17.8 Å². The van der Waals surface area contributed by atoms with E-state index >= 15 is 0 Å². The van der Waals surface area contributed by atoms with E-state index in [4.69, 9.17) is 0 Å². The van der Waals surface area contributed by atoms with Crippen LogP contribution in [0, 0.1) is 13.8 Å². The Morgan fingerprint density at radius 1 is 0.548 bits per heavy atom. The predicted octanol–water partition coefficient (Wildman–Crippen LogP) is 4.37. The van der Waals surface area contributed by atoms with Gasteiger partial charge in [-0.15, -0.1) is 0 Å². The van der Waals surface area contributed by atoms with Crippen molar-refractivity contribution in [3.8, 4) is 22.8 Å². The number of hydrogen-bond donors (Lipinski definition) is 2. The first kappa shape index (κ1) is 20.8. The first-order valence-corrected chi connectivity index (χ1v) is 10.2. The lowest BCUT2D eigenvalue weighted by Crippen LogP contribution is -2.09. The molecule has 0 aromatic carbocycles. The van der Waals surface area contributed by atoms with Gasteiger partial charge in [0.15, 0.2) is 0 Å². The van der Waals surface area contributed by atoms with E-state index in [1.165, 1.54) is 0 Å². The summed E-state index contributed by atoms with van der Waals surface area (Å²) in [6, 6.07) is 22.3. The van der Waals surface area contributed by atoms with Crippen LogP contribution in [0.25, 0.3) is 22.8 Å². The first-order chi connectivity index (χ1) is 15.0. The van der Waals surface area contributed by atoms with Gasteiger partial charge in [0.2, 0.25) is 0 Å². The Kier molecular flexibility index (Phi) is 6.11. The second-order valence-electron chi connectivity index (χ2n) is 7.49. The normalized spacial score (nSPS) is 13.0. The van der Waals surface area contributed by atoms with Gasteiger partial charge < -0.3 is 10.2 Å². The maximum absolute atomic E-state index is 10.7. The third kappa shape index (κ3) is 4.99. The minimum absolute atomic E-state index is 0.0788. The summed E-state index contributed by atoms with van der Waals surface area (Å²) in [6.45, 7) is 3.85. The Hall–Kier alpha value is -3.48. The van der Waals surface area contributed by atoms with Crippen molar-refractivity contribution in [1.29, 1.82) is 0 Å². The molecule has 0 amide bonds. The van der Waals surface area contributed by atoms with Crippen molar-refractivity contribution in [2.45, 2.75) is 32.5 Å². The largest absolute Gasteiger partial charge is 0.387 e. The van der Waals surface area contributed by atoms with Gasteiger partial charge in [-0.25, -0.2) is 9.97 Å². The van der Waals surface area contributed by atoms with E-state index in [1.54, 1.807) is 12.1 Å². The van der Waals surface area contributed by atoms with Gasteiger partial charge in [0.25, 0.3) is 0 Å². The van der Waals surface area contributed by atoms with Crippen LogP contribution in [0.5, 0.6) is 0 Å². The maximum atomic E-state index is 10.7. The monoisotopic (exact) mass is 412 g/mol. The highest BCUT2D eigenvalue weighted by Crippen LogP contribution is 2.27. The summed E-state index contributed by atoms with van der Waals surface area (Å²) in [6.07, 6.45) is -1.81. The highest BCUT2D eigenvalue weighted by atomic mass is 16.3. The molecule has 0 fully saturated rings. The van der Waals surface area contributed by atoms with E-state index in [9.17, 15) is 10.2 Å². The standard InChI is InChI=1S/C25H24N4O2/c1-16-7-3-9-18(26-16)20-11-5-13-22(28-20)24(30)15-25(31)23-14-6-12-21(29-23)19-10-4-8-17(2)27-19/h3-14,24-25,30-31H,15H2,1-2H3. The lowest BCUT2D eigenvalue weighted by molar-refractivity contribution is 0.0758. The van der Waals surface area contributed by atoms with E-state index in [0.29, 0.717) is 22.8 Å². The highest BCUT2D eigenvalue weighted by molar-refractivity contribution is 5.55. The lowest BCUT2D eigenvalue weighted by Gasteiger charge is -2.16. The van der Waals surface area contributed by atoms with Crippen LogP contribution in [0.15, 0.2) is 72.8 Å². The van der Waals surface area contributed by atoms with Crippen molar-refractivity contribution in [3.63, 3.8) is 0 Å². The topological polar surface area (TPSA) is 92.0 Å². The minimum Gasteiger partial charge on any atom is -0.387 e. The summed E-state index contributed by atoms with van der Waals surface area (Å²) < 4.78 is 0. The molecule has 2 unspecified atom stereocenters. The van der Waals surface area contributed by atoms with Crippen molar-refractivity contribution in [2.75, 3.05) is 0 Å². The summed E-state index contributed by atoms with van der Waals surface area (Å²) in [4.78, 5) is 18.1. The molecule has 4 aromatic heterocycles. The fourth-order valence-electron chi connectivity index (χ4n) is 3.38. The van der Waals surface area contributed by atoms with Crippen LogP contribution in [0.4, 0.5) is 0 Å². The van der Waals surface area contributed by atoms with Gasteiger partial charge >= 0.3 is 0 Å². The molecule has 6 heteroatoms. The fourth-order valence-corrected chi connectivity index (χ4v) is 3.38. The van der Waals surface area contributed by atoms with Crippen molar-refractivity contribution in [1.82, 2.24) is 19.9 Å². The van der Waals surface area contributed by atoms with Crippen molar-refractivity contribution in [3.05, 3.63) is 95.6 Å². The third-order valence-corrected chi connectivity index (χ3v) is 4.97. The van der Waals surface area contributed by atoms with Crippen molar-refractivity contribution < 1.29 is 10.2 Å². The molecule has 2 N–H and O–H groups in total. The van der Waals surface area contributed by atoms with E-state index in [-0.39, 0.29) is 6.42 Å². The van der Waals surface area contributed by atoms with Crippen molar-refractivity contribution >= 4 is 0 Å². The van der Waals surface area contributed by atoms with Gasteiger partial charge in [0.05, 0.1) is 46.4 Å². The number of aliphatic hydroxyl groups excluding tert-OH is 2. The zero-order valence-corrected chi connectivity index (χ0v) is 17.5. The van der Waals surface area contributed by atoms with Gasteiger partial charge in [0.1, 0.15) is 0 Å². The minimum atomic E-state index is -0.942. The Bertz CT molecular complexity index is 1100. The van der Waals surface area contributed by atoms with Crippen LogP contribution >= 0.6 is 0 Å². The zero-order chi connectivity index (χ0) is 21.8. The van der Waals surface area contributed by atoms with E-state index in [0.717, 1.165) is 22.8 Å². The van der Waals surface area contributed by atoms with Crippen LogP contribution in [0.2, 0.25) is 0 Å². The molecule has 0 aliphatic rings. The molecule has 0 spiro atoms. The lowest BCUT2D eigenvalue weighted by atomic mass is 10.0. The predicted molar refractivity (Wildman–Crippen MR) is 119 cm³/mol. The molecule has 0 bridgehead atoms. The second-order valence-corrected chi connectivity index (χ2v) is 7.49. The molecule has 0 aliphatic heterocycles. The van der Waals surface area contributed by atoms with Crippen LogP contribution < -0.4 is 0 Å². The SMILES string of the molecule is Cc1cccc(-c2cccc(C(O)CC(O)c3cccc(-c4cccc(C)n4)n3)n2)n1. The molecular formula is C25H24N4O2. The molecule has 31 heavy (non-hydrogen) atoms. The number of pyridine rings is 4. The van der Waals surface area contributed by atoms with E-state index in [2.05, 4.69) is 19.9 Å². The molecule has 156 valence electrons. The molecule has 4 heterocycles. The fraction of sp³-hybridized carbons (Fsp3) is 0.200. The first-order valence-electron chi connectivity index (χ1n) is 10.2. The van der Waals surface area contributed by atoms with Crippen LogP contribution in [0.1, 0.15) is 41.4 Å². The molecule has 0 saturated carbocycles. The van der Waals surface area contributed by atoms with Crippen LogP contribution in [-0.4, -0.2) is 30.1 Å². The molecular weight excluding hydrogens is 388 g/mol. The van der Waals surface area contributed by atoms with Crippen molar-refractivity contribution in [2.24, 2.45) is 0 Å². The Morgan fingerprint density at radius 2 is 0.903 bits per heavy atom. The summed E-state index contributed by atoms with van der Waals surface area (Å²) in [5.41, 5.74) is 5.61. The Labute approximate surface area is 181 Å². The Balaban J connectivity index is 1.52. The zero-order valence-electron chi connectivity index (χ0n) is 17.5. The number of hydrogen-bond acceptors (Lipinski definition) is 6. The second kappa shape index (κ2) is 9.12. The molecule has 0 aliphatic carbocycles. The van der Waals surface area contributed by atoms with Gasteiger partial charge in [-0.2, -0.15) is 0 Å². The molecule has 0 saturated heterocycles. The molecule has 0 radical (unpaired) electrons. The number of aromatic nitrogens is 4. The number of nitrogens with zero attached hydrogens (tertiary/aromatic N) is 4. The molecule has 6 nitrogen and oxygen atoms in total. The summed E-state index contributed by atoms with van der Waals surface area (Å²) >= 11 is 0. The molecule has 2 atom stereocenters. The van der Waals surface area contributed by atoms with Crippen LogP contribution in [0.3, 0.4) is 0 Å². The maximum Gasteiger partial charge on any atom is 0.0988 e. The van der Waals surface area contributed by atoms with E-state index < -0.39 is 12.2 Å². The quantitative estimate of drug-likeness (QED) is 0.488. The van der Waals surface area contributed by atoms with Crippen LogP contribution in [-0.2, 0) is 0 Å². The highest BCUT2D eigenvalue weighted by Gasteiger charge is 2.19. The third-order valence-electron chi connectivity index (χ3n) is 4.97. The summed E-state index contributed by atoms with van der Waals surface area (Å²) in [5.74, 6) is 0. The molecule has 4 rings (SSSR count). The van der Waals surface area contributed by atoms with Gasteiger partial charge in [-0.1, -0.05) is 24.3 Å². The average molecular weight is 412 g/mol. The average Bonchev–Trinajstić information content (AvgIpc) is 2.79. The summed E-state index contributed by atoms with van der Waals surface area (Å²) in [7, 11) is 0. The Morgan fingerprint density at radius 3 is 1.29 bits per heavy atom. The smallest absolute Gasteiger partial charge is 0.0988 e. The molecule has 4 aromatic rings. The summed E-state index contributed by atoms with van der Waals surface area (Å²) in [5, 5.41) is 21.4.